The number of oxazole rings is 1. The number of hydrogen-bond acceptors (Lipinski definition) is 9. The van der Waals surface area contributed by atoms with Crippen molar-refractivity contribution < 1.29 is 31.9 Å². The van der Waals surface area contributed by atoms with Crippen LogP contribution in [0.3, 0.4) is 0 Å². The topological polar surface area (TPSA) is 105 Å². The highest BCUT2D eigenvalue weighted by Gasteiger charge is 2.46. The number of aromatic nitrogens is 2. The Labute approximate surface area is 220 Å². The lowest BCUT2D eigenvalue weighted by atomic mass is 10.0. The molecule has 0 saturated carbocycles. The molecule has 2 aromatic heterocycles. The summed E-state index contributed by atoms with van der Waals surface area (Å²) in [6, 6.07) is 4.27. The first-order valence-electron chi connectivity index (χ1n) is 12.1. The highest BCUT2D eigenvalue weighted by atomic mass is 32.1. The van der Waals surface area contributed by atoms with Gasteiger partial charge in [0, 0.05) is 24.7 Å². The smallest absolute Gasteiger partial charge is 0.418 e. The summed E-state index contributed by atoms with van der Waals surface area (Å²) in [4.78, 5) is 25.3. The zero-order valence-electron chi connectivity index (χ0n) is 21.0. The van der Waals surface area contributed by atoms with Crippen molar-refractivity contribution in [3.8, 4) is 16.6 Å². The highest BCUT2D eigenvalue weighted by Crippen LogP contribution is 2.42. The minimum Gasteiger partial charge on any atom is -0.444 e. The Hall–Kier alpha value is -3.37. The lowest BCUT2D eigenvalue weighted by Crippen LogP contribution is -2.56. The van der Waals surface area contributed by atoms with Crippen LogP contribution >= 0.6 is 11.3 Å². The number of fused-ring (bicyclic) bond motifs is 3. The number of halogens is 3. The van der Waals surface area contributed by atoms with Gasteiger partial charge in [0.2, 0.25) is 0 Å². The molecule has 2 saturated heterocycles. The van der Waals surface area contributed by atoms with Gasteiger partial charge in [-0.2, -0.15) is 23.4 Å². The standard InChI is InChI=1S/C25H26F3N5O4S/c1-24(2,3)37-23(34)33-15-4-5-16(33)13-32(12-15)22-31-18-11-14(20(25(26,27)28)35-8-6-29)10-17(19(18)36-22)21-30-7-9-38-21/h7,9-11,15-16,20H,4-5,8,12-13H2,1-3H3. The number of piperazine rings is 1. The summed E-state index contributed by atoms with van der Waals surface area (Å²) in [5.41, 5.74) is 0.0844. The first kappa shape index (κ1) is 26.2. The Bertz CT molecular complexity index is 1350. The number of anilines is 1. The second-order valence-electron chi connectivity index (χ2n) is 10.3. The number of nitrogens with zero attached hydrogens (tertiary/aromatic N) is 5. The van der Waals surface area contributed by atoms with Crippen LogP contribution in [0.25, 0.3) is 21.7 Å². The van der Waals surface area contributed by atoms with Crippen molar-refractivity contribution in [1.29, 1.82) is 5.26 Å². The quantitative estimate of drug-likeness (QED) is 0.400. The summed E-state index contributed by atoms with van der Waals surface area (Å²) in [6.07, 6.45) is -4.24. The maximum atomic E-state index is 13.9. The van der Waals surface area contributed by atoms with Crippen LogP contribution in [0.5, 0.6) is 0 Å². The third-order valence-electron chi connectivity index (χ3n) is 6.44. The van der Waals surface area contributed by atoms with Crippen LogP contribution in [-0.2, 0) is 9.47 Å². The summed E-state index contributed by atoms with van der Waals surface area (Å²) < 4.78 is 58.2. The molecule has 2 aliphatic heterocycles. The lowest BCUT2D eigenvalue weighted by molar-refractivity contribution is -0.220. The number of thiazole rings is 1. The first-order chi connectivity index (χ1) is 17.9. The average Bonchev–Trinajstić information content (AvgIpc) is 3.55. The van der Waals surface area contributed by atoms with E-state index in [2.05, 4.69) is 9.97 Å². The van der Waals surface area contributed by atoms with E-state index in [4.69, 9.17) is 19.2 Å². The van der Waals surface area contributed by atoms with E-state index in [1.54, 1.807) is 22.5 Å². The largest absolute Gasteiger partial charge is 0.444 e. The number of ether oxygens (including phenoxy) is 2. The number of amides is 1. The van der Waals surface area contributed by atoms with Crippen molar-refractivity contribution in [1.82, 2.24) is 14.9 Å². The first-order valence-corrected chi connectivity index (χ1v) is 13.0. The maximum Gasteiger partial charge on any atom is 0.418 e. The molecule has 9 nitrogen and oxygen atoms in total. The summed E-state index contributed by atoms with van der Waals surface area (Å²) in [5.74, 6) is 0. The van der Waals surface area contributed by atoms with Gasteiger partial charge >= 0.3 is 12.3 Å². The summed E-state index contributed by atoms with van der Waals surface area (Å²) >= 11 is 1.26. The Morgan fingerprint density at radius 2 is 1.97 bits per heavy atom. The molecule has 4 heterocycles. The monoisotopic (exact) mass is 549 g/mol. The molecule has 38 heavy (non-hydrogen) atoms. The SMILES string of the molecule is CC(C)(C)OC(=O)N1C2CCC1CN(c1nc3cc(C(OCC#N)C(F)(F)F)cc(-c4nccs4)c3o1)C2. The van der Waals surface area contributed by atoms with Gasteiger partial charge in [-0.05, 0) is 51.3 Å². The van der Waals surface area contributed by atoms with Gasteiger partial charge in [0.15, 0.2) is 11.7 Å². The molecule has 0 spiro atoms. The van der Waals surface area contributed by atoms with E-state index in [0.717, 1.165) is 12.8 Å². The van der Waals surface area contributed by atoms with Gasteiger partial charge in [0.05, 0.1) is 23.7 Å². The van der Waals surface area contributed by atoms with Crippen LogP contribution in [0.4, 0.5) is 24.0 Å². The third-order valence-corrected chi connectivity index (χ3v) is 7.24. The van der Waals surface area contributed by atoms with E-state index < -0.39 is 24.5 Å². The molecule has 2 bridgehead atoms. The Balaban J connectivity index is 1.49. The summed E-state index contributed by atoms with van der Waals surface area (Å²) in [7, 11) is 0. The van der Waals surface area contributed by atoms with Gasteiger partial charge in [-0.3, -0.25) is 4.90 Å². The van der Waals surface area contributed by atoms with E-state index in [1.807, 2.05) is 25.7 Å². The van der Waals surface area contributed by atoms with Crippen LogP contribution in [0, 0.1) is 11.3 Å². The molecule has 2 aliphatic rings. The van der Waals surface area contributed by atoms with Gasteiger partial charge in [-0.1, -0.05) is 0 Å². The summed E-state index contributed by atoms with van der Waals surface area (Å²) in [5, 5.41) is 11.0. The fourth-order valence-corrected chi connectivity index (χ4v) is 5.67. The van der Waals surface area contributed by atoms with Crippen molar-refractivity contribution in [2.24, 2.45) is 0 Å². The Morgan fingerprint density at radius 1 is 1.26 bits per heavy atom. The van der Waals surface area contributed by atoms with E-state index in [-0.39, 0.29) is 35.3 Å². The molecule has 0 N–H and O–H groups in total. The number of carbonyl (C=O) groups is 1. The highest BCUT2D eigenvalue weighted by molar-refractivity contribution is 7.13. The number of benzene rings is 1. The third kappa shape index (κ3) is 5.15. The molecular weight excluding hydrogens is 523 g/mol. The van der Waals surface area contributed by atoms with Gasteiger partial charge in [0.1, 0.15) is 22.7 Å². The molecular formula is C25H26F3N5O4S. The Morgan fingerprint density at radius 3 is 2.55 bits per heavy atom. The molecule has 1 amide bonds. The lowest BCUT2D eigenvalue weighted by Gasteiger charge is -2.40. The molecule has 0 radical (unpaired) electrons. The number of alkyl halides is 3. The van der Waals surface area contributed by atoms with Crippen molar-refractivity contribution in [2.45, 2.75) is 63.6 Å². The van der Waals surface area contributed by atoms with E-state index in [0.29, 0.717) is 29.2 Å². The van der Waals surface area contributed by atoms with Crippen LogP contribution < -0.4 is 4.90 Å². The van der Waals surface area contributed by atoms with Gasteiger partial charge in [-0.15, -0.1) is 11.3 Å². The van der Waals surface area contributed by atoms with Crippen molar-refractivity contribution in [3.05, 3.63) is 29.3 Å². The van der Waals surface area contributed by atoms with E-state index in [1.165, 1.54) is 23.5 Å². The van der Waals surface area contributed by atoms with Crippen molar-refractivity contribution >= 4 is 34.5 Å². The minimum absolute atomic E-state index is 0.0957. The summed E-state index contributed by atoms with van der Waals surface area (Å²) in [6.45, 7) is 5.67. The fourth-order valence-electron chi connectivity index (χ4n) is 5.02. The average molecular weight is 550 g/mol. The molecule has 0 aliphatic carbocycles. The minimum atomic E-state index is -4.74. The predicted molar refractivity (Wildman–Crippen MR) is 133 cm³/mol. The van der Waals surface area contributed by atoms with Crippen LogP contribution in [0.1, 0.15) is 45.3 Å². The van der Waals surface area contributed by atoms with Gasteiger partial charge < -0.3 is 18.8 Å². The molecule has 3 unspecified atom stereocenters. The van der Waals surface area contributed by atoms with Crippen molar-refractivity contribution in [2.75, 3.05) is 24.6 Å². The number of carbonyl (C=O) groups excluding carboxylic acids is 1. The molecule has 1 aromatic carbocycles. The van der Waals surface area contributed by atoms with E-state index >= 15 is 0 Å². The normalized spacial score (nSPS) is 20.6. The van der Waals surface area contributed by atoms with Gasteiger partial charge in [-0.25, -0.2) is 9.78 Å². The zero-order chi connectivity index (χ0) is 27.2. The second kappa shape index (κ2) is 9.74. The zero-order valence-corrected chi connectivity index (χ0v) is 21.8. The molecule has 13 heteroatoms. The second-order valence-corrected chi connectivity index (χ2v) is 11.2. The molecule has 202 valence electrons. The van der Waals surface area contributed by atoms with Crippen LogP contribution in [-0.4, -0.2) is 64.5 Å². The molecule has 3 aromatic rings. The van der Waals surface area contributed by atoms with Crippen molar-refractivity contribution in [3.63, 3.8) is 0 Å². The predicted octanol–water partition coefficient (Wildman–Crippen LogP) is 5.68. The Kier molecular flexibility index (Phi) is 6.73. The van der Waals surface area contributed by atoms with Crippen LogP contribution in [0.15, 0.2) is 28.1 Å². The maximum absolute atomic E-state index is 13.9. The van der Waals surface area contributed by atoms with Crippen LogP contribution in [0.2, 0.25) is 0 Å². The number of rotatable bonds is 5. The number of hydrogen-bond donors (Lipinski definition) is 0. The molecule has 3 atom stereocenters. The molecule has 5 rings (SSSR count). The van der Waals surface area contributed by atoms with Gasteiger partial charge in [0.25, 0.3) is 6.01 Å². The molecule has 2 fully saturated rings. The fraction of sp³-hybridized carbons (Fsp3) is 0.520. The number of nitriles is 1. The van der Waals surface area contributed by atoms with E-state index in [9.17, 15) is 18.0 Å².